The van der Waals surface area contributed by atoms with Crippen LogP contribution in [0.25, 0.3) is 0 Å². The van der Waals surface area contributed by atoms with Crippen molar-refractivity contribution in [2.75, 3.05) is 19.8 Å². The number of anilines is 1. The number of aromatic nitrogens is 2. The maximum atomic E-state index is 11.3. The highest BCUT2D eigenvalue weighted by Crippen LogP contribution is 1.95. The first-order valence-corrected chi connectivity index (χ1v) is 3.65. The average Bonchev–Trinajstić information content (AvgIpc) is 2.04. The van der Waals surface area contributed by atoms with Crippen molar-refractivity contribution in [1.29, 1.82) is 0 Å². The zero-order chi connectivity index (χ0) is 9.84. The van der Waals surface area contributed by atoms with Crippen LogP contribution in [0.2, 0.25) is 0 Å². The molecule has 0 saturated heterocycles. The van der Waals surface area contributed by atoms with Gasteiger partial charge in [-0.05, 0) is 0 Å². The van der Waals surface area contributed by atoms with Crippen LogP contribution in [0.1, 0.15) is 10.5 Å². The normalized spacial score (nSPS) is 10.1. The van der Waals surface area contributed by atoms with E-state index in [1.165, 1.54) is 17.4 Å². The van der Waals surface area contributed by atoms with Gasteiger partial charge in [-0.3, -0.25) is 10.2 Å². The predicted molar refractivity (Wildman–Crippen MR) is 47.6 cm³/mol. The Bertz CT molecular complexity index is 294. The second-order valence-electron chi connectivity index (χ2n) is 2.66. The van der Waals surface area contributed by atoms with E-state index in [1.807, 2.05) is 0 Å². The second-order valence-corrected chi connectivity index (χ2v) is 2.66. The number of nitrogens with zero attached hydrogens (tertiary/aromatic N) is 3. The molecule has 0 spiro atoms. The molecule has 1 aromatic heterocycles. The molecule has 6 heteroatoms. The van der Waals surface area contributed by atoms with Gasteiger partial charge >= 0.3 is 0 Å². The van der Waals surface area contributed by atoms with Crippen LogP contribution in [0, 0.1) is 0 Å². The minimum atomic E-state index is -0.308. The third-order valence-electron chi connectivity index (χ3n) is 1.23. The van der Waals surface area contributed by atoms with Gasteiger partial charge in [0.15, 0.2) is 0 Å². The molecule has 1 heterocycles. The first-order chi connectivity index (χ1) is 6.09. The van der Waals surface area contributed by atoms with Gasteiger partial charge in [-0.2, -0.15) is 0 Å². The van der Waals surface area contributed by atoms with E-state index in [4.69, 9.17) is 5.73 Å². The molecule has 0 atom stereocenters. The third-order valence-corrected chi connectivity index (χ3v) is 1.23. The van der Waals surface area contributed by atoms with Crippen molar-refractivity contribution in [3.8, 4) is 0 Å². The Balaban J connectivity index is 2.72. The number of hydrogen-bond acceptors (Lipinski definition) is 5. The fourth-order valence-electron chi connectivity index (χ4n) is 0.716. The van der Waals surface area contributed by atoms with Crippen LogP contribution >= 0.6 is 0 Å². The van der Waals surface area contributed by atoms with Gasteiger partial charge in [-0.25, -0.2) is 15.0 Å². The molecule has 1 aromatic rings. The Hall–Kier alpha value is -1.69. The first kappa shape index (κ1) is 9.40. The number of amides is 1. The van der Waals surface area contributed by atoms with Crippen molar-refractivity contribution in [3.05, 3.63) is 18.1 Å². The van der Waals surface area contributed by atoms with Crippen LogP contribution in [0.4, 0.5) is 5.82 Å². The molecule has 6 nitrogen and oxygen atoms in total. The summed E-state index contributed by atoms with van der Waals surface area (Å²) >= 11 is 0. The number of carbonyl (C=O) groups is 1. The molecule has 0 aromatic carbocycles. The molecule has 3 N–H and O–H groups in total. The molecule has 0 radical (unpaired) electrons. The summed E-state index contributed by atoms with van der Waals surface area (Å²) in [5.74, 6) is -0.0149. The quantitative estimate of drug-likeness (QED) is 0.587. The molecular weight excluding hydrogens is 170 g/mol. The highest BCUT2D eigenvalue weighted by Gasteiger charge is 2.06. The number of nitrogens with one attached hydrogen (secondary N) is 1. The zero-order valence-electron chi connectivity index (χ0n) is 7.48. The fourth-order valence-corrected chi connectivity index (χ4v) is 0.716. The number of hydrazine groups is 1. The van der Waals surface area contributed by atoms with Gasteiger partial charge in [0.1, 0.15) is 11.5 Å². The number of carbonyl (C=O) groups excluding carboxylic acids is 1. The predicted octanol–water partition coefficient (Wildman–Crippen LogP) is -0.735. The second kappa shape index (κ2) is 3.81. The molecule has 0 unspecified atom stereocenters. The van der Waals surface area contributed by atoms with Crippen LogP contribution in [-0.4, -0.2) is 35.0 Å². The summed E-state index contributed by atoms with van der Waals surface area (Å²) in [6.45, 7) is 0. The number of rotatable bonds is 2. The summed E-state index contributed by atoms with van der Waals surface area (Å²) in [5.41, 5.74) is 8.08. The SMILES string of the molecule is CN(C)NC(=O)c1cnc(N)cn1. The van der Waals surface area contributed by atoms with Crippen molar-refractivity contribution in [1.82, 2.24) is 20.4 Å². The van der Waals surface area contributed by atoms with E-state index in [2.05, 4.69) is 15.4 Å². The molecule has 0 saturated carbocycles. The van der Waals surface area contributed by atoms with Crippen LogP contribution < -0.4 is 11.2 Å². The molecule has 0 bridgehead atoms. The smallest absolute Gasteiger partial charge is 0.285 e. The van der Waals surface area contributed by atoms with Crippen molar-refractivity contribution >= 4 is 11.7 Å². The molecule has 1 amide bonds. The monoisotopic (exact) mass is 181 g/mol. The van der Waals surface area contributed by atoms with Crippen LogP contribution in [0.5, 0.6) is 0 Å². The van der Waals surface area contributed by atoms with Crippen LogP contribution in [0.15, 0.2) is 12.4 Å². The van der Waals surface area contributed by atoms with Crippen molar-refractivity contribution < 1.29 is 4.79 Å². The topological polar surface area (TPSA) is 84.1 Å². The number of hydrogen-bond donors (Lipinski definition) is 2. The van der Waals surface area contributed by atoms with E-state index in [0.717, 1.165) is 0 Å². The minimum Gasteiger partial charge on any atom is -0.382 e. The lowest BCUT2D eigenvalue weighted by Gasteiger charge is -2.10. The fraction of sp³-hybridized carbons (Fsp3) is 0.286. The summed E-state index contributed by atoms with van der Waals surface area (Å²) in [6, 6.07) is 0. The van der Waals surface area contributed by atoms with Crippen molar-refractivity contribution in [3.63, 3.8) is 0 Å². The molecule has 13 heavy (non-hydrogen) atoms. The molecule has 0 aliphatic rings. The lowest BCUT2D eigenvalue weighted by molar-refractivity contribution is 0.0851. The maximum Gasteiger partial charge on any atom is 0.285 e. The Morgan fingerprint density at radius 2 is 2.15 bits per heavy atom. The highest BCUT2D eigenvalue weighted by atomic mass is 16.2. The van der Waals surface area contributed by atoms with Gasteiger partial charge in [0.2, 0.25) is 0 Å². The molecule has 0 fully saturated rings. The minimum absolute atomic E-state index is 0.239. The Kier molecular flexibility index (Phi) is 2.76. The third kappa shape index (κ3) is 2.68. The van der Waals surface area contributed by atoms with E-state index in [1.54, 1.807) is 14.1 Å². The Morgan fingerprint density at radius 3 is 2.62 bits per heavy atom. The highest BCUT2D eigenvalue weighted by molar-refractivity contribution is 5.91. The van der Waals surface area contributed by atoms with Crippen molar-refractivity contribution in [2.24, 2.45) is 0 Å². The summed E-state index contributed by atoms with van der Waals surface area (Å²) < 4.78 is 0. The van der Waals surface area contributed by atoms with Gasteiger partial charge < -0.3 is 5.73 Å². The largest absolute Gasteiger partial charge is 0.382 e. The lowest BCUT2D eigenvalue weighted by Crippen LogP contribution is -2.36. The Morgan fingerprint density at radius 1 is 1.46 bits per heavy atom. The summed E-state index contributed by atoms with van der Waals surface area (Å²) in [6.07, 6.45) is 2.67. The van der Waals surface area contributed by atoms with E-state index in [-0.39, 0.29) is 11.6 Å². The Labute approximate surface area is 75.7 Å². The van der Waals surface area contributed by atoms with E-state index >= 15 is 0 Å². The number of nitrogens with two attached hydrogens (primary N) is 1. The standard InChI is InChI=1S/C7H11N5O/c1-12(2)11-7(13)5-3-10-6(8)4-9-5/h3-4H,1-2H3,(H2,8,10)(H,11,13). The van der Waals surface area contributed by atoms with Crippen LogP contribution in [-0.2, 0) is 0 Å². The average molecular weight is 181 g/mol. The summed E-state index contributed by atoms with van der Waals surface area (Å²) in [4.78, 5) is 18.8. The zero-order valence-corrected chi connectivity index (χ0v) is 7.48. The van der Waals surface area contributed by atoms with Gasteiger partial charge in [0.25, 0.3) is 5.91 Å². The first-order valence-electron chi connectivity index (χ1n) is 3.65. The van der Waals surface area contributed by atoms with Crippen LogP contribution in [0.3, 0.4) is 0 Å². The van der Waals surface area contributed by atoms with E-state index < -0.39 is 0 Å². The molecule has 0 aliphatic heterocycles. The van der Waals surface area contributed by atoms with Crippen molar-refractivity contribution in [2.45, 2.75) is 0 Å². The van der Waals surface area contributed by atoms with Gasteiger partial charge in [-0.1, -0.05) is 0 Å². The molecular formula is C7H11N5O. The molecule has 70 valence electrons. The van der Waals surface area contributed by atoms with Gasteiger partial charge in [0, 0.05) is 14.1 Å². The molecule has 0 aliphatic carbocycles. The number of nitrogen functional groups attached to an aromatic ring is 1. The van der Waals surface area contributed by atoms with Gasteiger partial charge in [0.05, 0.1) is 12.4 Å². The van der Waals surface area contributed by atoms with E-state index in [9.17, 15) is 4.79 Å². The van der Waals surface area contributed by atoms with Gasteiger partial charge in [-0.15, -0.1) is 0 Å². The van der Waals surface area contributed by atoms with E-state index in [0.29, 0.717) is 5.82 Å². The molecule has 1 rings (SSSR count). The summed E-state index contributed by atoms with van der Waals surface area (Å²) in [5, 5.41) is 1.53. The summed E-state index contributed by atoms with van der Waals surface area (Å²) in [7, 11) is 3.42. The lowest BCUT2D eigenvalue weighted by atomic mass is 10.4. The maximum absolute atomic E-state index is 11.3.